The van der Waals surface area contributed by atoms with Crippen LogP contribution in [0, 0.1) is 6.92 Å². The summed E-state index contributed by atoms with van der Waals surface area (Å²) in [7, 11) is 0. The molecule has 0 saturated heterocycles. The molecule has 2 N–H and O–H groups in total. The average molecular weight is 449 g/mol. The number of fused-ring (bicyclic) bond motifs is 2. The Hall–Kier alpha value is -3.56. The number of anilines is 1. The standard InChI is InChI=1S/C22H16N4O3S2/c1-12-14(19(27)24-10-13-11-25-22(31-13)21-23-8-9-30-21)6-7-17-18(12)26-20(28)15-4-2-3-5-16(15)29-17/h2-9,11H,10H2,1H3,(H,24,27)(H,26,28). The molecule has 154 valence electrons. The molecule has 1 aliphatic heterocycles. The minimum atomic E-state index is -0.269. The largest absolute Gasteiger partial charge is 0.454 e. The lowest BCUT2D eigenvalue weighted by Crippen LogP contribution is -2.23. The van der Waals surface area contributed by atoms with Crippen LogP contribution >= 0.6 is 22.7 Å². The summed E-state index contributed by atoms with van der Waals surface area (Å²) < 4.78 is 5.93. The van der Waals surface area contributed by atoms with Gasteiger partial charge in [-0.25, -0.2) is 9.97 Å². The lowest BCUT2D eigenvalue weighted by atomic mass is 10.0. The number of carbonyl (C=O) groups excluding carboxylic acids is 2. The van der Waals surface area contributed by atoms with E-state index < -0.39 is 0 Å². The minimum absolute atomic E-state index is 0.236. The van der Waals surface area contributed by atoms with Crippen molar-refractivity contribution in [2.24, 2.45) is 0 Å². The Morgan fingerprint density at radius 1 is 1.13 bits per heavy atom. The molecule has 0 fully saturated rings. The van der Waals surface area contributed by atoms with E-state index in [4.69, 9.17) is 4.74 Å². The fourth-order valence-corrected chi connectivity index (χ4v) is 4.83. The third-order valence-corrected chi connectivity index (χ3v) is 6.77. The zero-order chi connectivity index (χ0) is 21.4. The predicted octanol–water partition coefficient (Wildman–Crippen LogP) is 4.86. The van der Waals surface area contributed by atoms with Crippen molar-refractivity contribution in [2.45, 2.75) is 13.5 Å². The number of hydrogen-bond donors (Lipinski definition) is 2. The third kappa shape index (κ3) is 3.69. The molecule has 0 saturated carbocycles. The van der Waals surface area contributed by atoms with Gasteiger partial charge in [0.1, 0.15) is 5.75 Å². The SMILES string of the molecule is Cc1c(C(=O)NCc2cnc(-c3nccs3)s2)ccc2c1NC(=O)c1ccccc1O2. The first kappa shape index (κ1) is 19.4. The van der Waals surface area contributed by atoms with Crippen molar-refractivity contribution in [1.82, 2.24) is 15.3 Å². The highest BCUT2D eigenvalue weighted by Crippen LogP contribution is 2.38. The van der Waals surface area contributed by atoms with E-state index in [2.05, 4.69) is 20.6 Å². The lowest BCUT2D eigenvalue weighted by molar-refractivity contribution is 0.0949. The van der Waals surface area contributed by atoms with Gasteiger partial charge in [0.2, 0.25) is 0 Å². The predicted molar refractivity (Wildman–Crippen MR) is 120 cm³/mol. The van der Waals surface area contributed by atoms with Crippen LogP contribution in [0.2, 0.25) is 0 Å². The van der Waals surface area contributed by atoms with Crippen molar-refractivity contribution in [3.63, 3.8) is 0 Å². The number of hydrogen-bond acceptors (Lipinski definition) is 7. The van der Waals surface area contributed by atoms with Crippen LogP contribution in [0.25, 0.3) is 10.0 Å². The van der Waals surface area contributed by atoms with Gasteiger partial charge in [0.15, 0.2) is 15.8 Å². The smallest absolute Gasteiger partial charge is 0.259 e. The van der Waals surface area contributed by atoms with Gasteiger partial charge in [-0.1, -0.05) is 12.1 Å². The van der Waals surface area contributed by atoms with Crippen LogP contribution in [0.3, 0.4) is 0 Å². The molecule has 2 amide bonds. The molecule has 0 aliphatic carbocycles. The van der Waals surface area contributed by atoms with Crippen molar-refractivity contribution in [1.29, 1.82) is 0 Å². The number of para-hydroxylation sites is 1. The molecule has 0 spiro atoms. The van der Waals surface area contributed by atoms with E-state index in [0.29, 0.717) is 40.4 Å². The summed E-state index contributed by atoms with van der Waals surface area (Å²) in [4.78, 5) is 35.0. The number of nitrogens with one attached hydrogen (secondary N) is 2. The first-order chi connectivity index (χ1) is 15.1. The summed E-state index contributed by atoms with van der Waals surface area (Å²) >= 11 is 3.02. The molecule has 0 radical (unpaired) electrons. The zero-order valence-corrected chi connectivity index (χ0v) is 18.0. The van der Waals surface area contributed by atoms with Gasteiger partial charge in [-0.05, 0) is 36.8 Å². The van der Waals surface area contributed by atoms with Crippen LogP contribution in [0.5, 0.6) is 11.5 Å². The van der Waals surface area contributed by atoms with Crippen LogP contribution < -0.4 is 15.4 Å². The molecule has 3 heterocycles. The van der Waals surface area contributed by atoms with E-state index in [1.807, 2.05) is 11.4 Å². The summed E-state index contributed by atoms with van der Waals surface area (Å²) in [6.07, 6.45) is 3.49. The number of nitrogens with zero attached hydrogens (tertiary/aromatic N) is 2. The van der Waals surface area contributed by atoms with Gasteiger partial charge in [-0.3, -0.25) is 9.59 Å². The second-order valence-corrected chi connectivity index (χ2v) is 8.83. The van der Waals surface area contributed by atoms with Crippen molar-refractivity contribution < 1.29 is 14.3 Å². The Labute approximate surface area is 185 Å². The maximum Gasteiger partial charge on any atom is 0.259 e. The number of ether oxygens (including phenoxy) is 1. The first-order valence-electron chi connectivity index (χ1n) is 9.45. The topological polar surface area (TPSA) is 93.2 Å². The van der Waals surface area contributed by atoms with E-state index >= 15 is 0 Å². The maximum atomic E-state index is 12.9. The van der Waals surface area contributed by atoms with Crippen LogP contribution in [0.15, 0.2) is 54.2 Å². The fourth-order valence-electron chi connectivity index (χ4n) is 3.30. The average Bonchev–Trinajstić information content (AvgIpc) is 3.44. The highest BCUT2D eigenvalue weighted by atomic mass is 32.1. The molecule has 0 bridgehead atoms. The van der Waals surface area contributed by atoms with Gasteiger partial charge in [0.25, 0.3) is 11.8 Å². The van der Waals surface area contributed by atoms with Crippen molar-refractivity contribution in [3.8, 4) is 21.5 Å². The lowest BCUT2D eigenvalue weighted by Gasteiger charge is -2.14. The minimum Gasteiger partial charge on any atom is -0.454 e. The summed E-state index contributed by atoms with van der Waals surface area (Å²) in [6, 6.07) is 10.4. The molecule has 1 aliphatic rings. The fraction of sp³-hybridized carbons (Fsp3) is 0.0909. The monoisotopic (exact) mass is 448 g/mol. The second kappa shape index (κ2) is 7.93. The molecule has 9 heteroatoms. The van der Waals surface area contributed by atoms with E-state index in [1.54, 1.807) is 49.6 Å². The van der Waals surface area contributed by atoms with Gasteiger partial charge in [-0.2, -0.15) is 0 Å². The zero-order valence-electron chi connectivity index (χ0n) is 16.3. The third-order valence-electron chi connectivity index (χ3n) is 4.85. The Kier molecular flexibility index (Phi) is 4.97. The number of amides is 2. The molecule has 0 atom stereocenters. The second-order valence-electron chi connectivity index (χ2n) is 6.82. The first-order valence-corrected chi connectivity index (χ1v) is 11.1. The van der Waals surface area contributed by atoms with Gasteiger partial charge in [0.05, 0.1) is 17.8 Å². The molecule has 5 rings (SSSR count). The summed E-state index contributed by atoms with van der Waals surface area (Å²) in [6.45, 7) is 2.15. The molecular formula is C22H16N4O3S2. The summed E-state index contributed by atoms with van der Waals surface area (Å²) in [5, 5.41) is 9.40. The van der Waals surface area contributed by atoms with Crippen molar-refractivity contribution in [2.75, 3.05) is 5.32 Å². The van der Waals surface area contributed by atoms with Crippen LogP contribution in [0.4, 0.5) is 5.69 Å². The van der Waals surface area contributed by atoms with Crippen LogP contribution in [-0.2, 0) is 6.54 Å². The van der Waals surface area contributed by atoms with Crippen molar-refractivity contribution >= 4 is 40.2 Å². The number of rotatable bonds is 4. The Morgan fingerprint density at radius 2 is 2.00 bits per heavy atom. The highest BCUT2D eigenvalue weighted by Gasteiger charge is 2.24. The van der Waals surface area contributed by atoms with Crippen LogP contribution in [0.1, 0.15) is 31.2 Å². The van der Waals surface area contributed by atoms with Crippen LogP contribution in [-0.4, -0.2) is 21.8 Å². The molecule has 0 unspecified atom stereocenters. The number of aromatic nitrogens is 2. The molecule has 7 nitrogen and oxygen atoms in total. The number of thiazole rings is 2. The molecule has 31 heavy (non-hydrogen) atoms. The Balaban J connectivity index is 1.35. The molecular weight excluding hydrogens is 432 g/mol. The molecule has 2 aromatic heterocycles. The molecule has 2 aromatic carbocycles. The van der Waals surface area contributed by atoms with E-state index in [0.717, 1.165) is 14.9 Å². The number of carbonyl (C=O) groups is 2. The van der Waals surface area contributed by atoms with Crippen molar-refractivity contribution in [3.05, 3.63) is 75.7 Å². The Bertz CT molecular complexity index is 1300. The Morgan fingerprint density at radius 3 is 2.84 bits per heavy atom. The van der Waals surface area contributed by atoms with E-state index in [9.17, 15) is 9.59 Å². The maximum absolute atomic E-state index is 12.9. The number of benzene rings is 2. The normalized spacial score (nSPS) is 12.2. The van der Waals surface area contributed by atoms with Gasteiger partial charge >= 0.3 is 0 Å². The van der Waals surface area contributed by atoms with Gasteiger partial charge < -0.3 is 15.4 Å². The molecule has 4 aromatic rings. The highest BCUT2D eigenvalue weighted by molar-refractivity contribution is 7.20. The van der Waals surface area contributed by atoms with E-state index in [1.165, 1.54) is 22.7 Å². The van der Waals surface area contributed by atoms with Gasteiger partial charge in [-0.15, -0.1) is 22.7 Å². The van der Waals surface area contributed by atoms with Gasteiger partial charge in [0, 0.05) is 28.2 Å². The van der Waals surface area contributed by atoms with E-state index in [-0.39, 0.29) is 11.8 Å². The summed E-state index contributed by atoms with van der Waals surface area (Å²) in [5.41, 5.74) is 2.06. The summed E-state index contributed by atoms with van der Waals surface area (Å²) in [5.74, 6) is 0.481. The quantitative estimate of drug-likeness (QED) is 0.465.